The third-order valence-corrected chi connectivity index (χ3v) is 4.90. The van der Waals surface area contributed by atoms with Crippen LogP contribution < -0.4 is 10.2 Å². The highest BCUT2D eigenvalue weighted by Crippen LogP contribution is 2.27. The van der Waals surface area contributed by atoms with Crippen molar-refractivity contribution in [3.8, 4) is 0 Å². The number of anilines is 1. The molecule has 0 aliphatic carbocycles. The van der Waals surface area contributed by atoms with Crippen LogP contribution >= 0.6 is 15.9 Å². The summed E-state index contributed by atoms with van der Waals surface area (Å²) in [6.45, 7) is 8.74. The van der Waals surface area contributed by atoms with Crippen LogP contribution in [0.1, 0.15) is 25.8 Å². The van der Waals surface area contributed by atoms with Gasteiger partial charge in [-0.05, 0) is 50.7 Å². The van der Waals surface area contributed by atoms with Gasteiger partial charge in [-0.3, -0.25) is 0 Å². The number of rotatable bonds is 6. The summed E-state index contributed by atoms with van der Waals surface area (Å²) in [6, 6.07) is 7.45. The van der Waals surface area contributed by atoms with Crippen molar-refractivity contribution < 1.29 is 0 Å². The largest absolute Gasteiger partial charge is 0.370 e. The number of hydrogen-bond donors (Lipinski definition) is 1. The first-order chi connectivity index (χ1) is 9.97. The van der Waals surface area contributed by atoms with Crippen molar-refractivity contribution in [1.82, 2.24) is 10.2 Å². The Labute approximate surface area is 137 Å². The first-order valence-electron chi connectivity index (χ1n) is 7.88. The molecular weight excluding hydrogens is 326 g/mol. The minimum absolute atomic E-state index is 0.677. The Bertz CT molecular complexity index is 459. The summed E-state index contributed by atoms with van der Waals surface area (Å²) in [5.41, 5.74) is 2.67. The molecule has 118 valence electrons. The van der Waals surface area contributed by atoms with Gasteiger partial charge in [-0.1, -0.05) is 35.8 Å². The highest BCUT2D eigenvalue weighted by atomic mass is 79.9. The third-order valence-electron chi connectivity index (χ3n) is 4.16. The number of hydrogen-bond acceptors (Lipinski definition) is 3. The molecule has 1 fully saturated rings. The highest BCUT2D eigenvalue weighted by Gasteiger charge is 2.24. The lowest BCUT2D eigenvalue weighted by atomic mass is 10.1. The molecule has 1 saturated heterocycles. The second-order valence-corrected chi connectivity index (χ2v) is 7.51. The summed E-state index contributed by atoms with van der Waals surface area (Å²) in [6.07, 6.45) is 1.25. The monoisotopic (exact) mass is 353 g/mol. The van der Waals surface area contributed by atoms with Crippen molar-refractivity contribution in [3.63, 3.8) is 0 Å². The Hall–Kier alpha value is -0.580. The van der Waals surface area contributed by atoms with E-state index in [0.29, 0.717) is 12.0 Å². The topological polar surface area (TPSA) is 18.5 Å². The second-order valence-electron chi connectivity index (χ2n) is 6.65. The molecule has 21 heavy (non-hydrogen) atoms. The zero-order valence-electron chi connectivity index (χ0n) is 13.7. The lowest BCUT2D eigenvalue weighted by Gasteiger charge is -2.22. The normalized spacial score (nSPS) is 19.0. The summed E-state index contributed by atoms with van der Waals surface area (Å²) in [5, 5.41) is 3.50. The Morgan fingerprint density at radius 1 is 1.38 bits per heavy atom. The predicted molar refractivity (Wildman–Crippen MR) is 95.0 cm³/mol. The molecule has 0 bridgehead atoms. The van der Waals surface area contributed by atoms with E-state index in [9.17, 15) is 0 Å². The highest BCUT2D eigenvalue weighted by molar-refractivity contribution is 9.10. The van der Waals surface area contributed by atoms with Crippen LogP contribution in [-0.2, 0) is 6.54 Å². The first-order valence-corrected chi connectivity index (χ1v) is 8.67. The standard InChI is InChI=1S/C17H28BrN3/c1-13(2)10-19-11-14-5-6-15(9-17(14)18)21-8-7-16(12-21)20(3)4/h5-6,9,13,16,19H,7-8,10-12H2,1-4H3. The Kier molecular flexibility index (Phi) is 6.08. The summed E-state index contributed by atoms with van der Waals surface area (Å²) >= 11 is 3.73. The van der Waals surface area contributed by atoms with Crippen LogP contribution in [0.5, 0.6) is 0 Å². The number of benzene rings is 1. The van der Waals surface area contributed by atoms with E-state index >= 15 is 0 Å². The molecule has 4 heteroatoms. The molecule has 0 saturated carbocycles. The van der Waals surface area contributed by atoms with Gasteiger partial charge in [0.25, 0.3) is 0 Å². The smallest absolute Gasteiger partial charge is 0.0378 e. The van der Waals surface area contributed by atoms with Gasteiger partial charge in [0.2, 0.25) is 0 Å². The molecule has 1 aromatic carbocycles. The predicted octanol–water partition coefficient (Wildman–Crippen LogP) is 3.34. The van der Waals surface area contributed by atoms with Crippen molar-refractivity contribution >= 4 is 21.6 Å². The average molecular weight is 354 g/mol. The number of nitrogens with zero attached hydrogens (tertiary/aromatic N) is 2. The van der Waals surface area contributed by atoms with Crippen LogP contribution in [0.4, 0.5) is 5.69 Å². The molecule has 0 amide bonds. The Morgan fingerprint density at radius 2 is 2.14 bits per heavy atom. The fraction of sp³-hybridized carbons (Fsp3) is 0.647. The summed E-state index contributed by atoms with van der Waals surface area (Å²) < 4.78 is 1.21. The van der Waals surface area contributed by atoms with Gasteiger partial charge in [-0.25, -0.2) is 0 Å². The van der Waals surface area contributed by atoms with Crippen LogP contribution in [-0.4, -0.2) is 44.7 Å². The minimum atomic E-state index is 0.677. The molecule has 1 heterocycles. The van der Waals surface area contributed by atoms with Crippen molar-refractivity contribution in [3.05, 3.63) is 28.2 Å². The zero-order valence-corrected chi connectivity index (χ0v) is 15.3. The molecule has 0 spiro atoms. The maximum atomic E-state index is 3.73. The summed E-state index contributed by atoms with van der Waals surface area (Å²) in [4.78, 5) is 4.82. The van der Waals surface area contributed by atoms with Crippen LogP contribution in [0.25, 0.3) is 0 Å². The number of nitrogens with one attached hydrogen (secondary N) is 1. The van der Waals surface area contributed by atoms with Gasteiger partial charge >= 0.3 is 0 Å². The van der Waals surface area contributed by atoms with E-state index in [0.717, 1.165) is 26.2 Å². The molecule has 0 aromatic heterocycles. The summed E-state index contributed by atoms with van der Waals surface area (Å²) in [7, 11) is 4.35. The Balaban J connectivity index is 1.96. The fourth-order valence-electron chi connectivity index (χ4n) is 2.77. The molecule has 1 aliphatic rings. The quantitative estimate of drug-likeness (QED) is 0.845. The SMILES string of the molecule is CC(C)CNCc1ccc(N2CCC(N(C)C)C2)cc1Br. The van der Waals surface area contributed by atoms with Gasteiger partial charge in [0.05, 0.1) is 0 Å². The van der Waals surface area contributed by atoms with E-state index in [1.54, 1.807) is 0 Å². The third kappa shape index (κ3) is 4.70. The molecule has 1 aliphatic heterocycles. The van der Waals surface area contributed by atoms with Crippen molar-refractivity contribution in [2.24, 2.45) is 5.92 Å². The number of halogens is 1. The van der Waals surface area contributed by atoms with E-state index < -0.39 is 0 Å². The lowest BCUT2D eigenvalue weighted by molar-refractivity contribution is 0.315. The van der Waals surface area contributed by atoms with Gasteiger partial charge in [0.1, 0.15) is 0 Å². The number of likely N-dealkylation sites (N-methyl/N-ethyl adjacent to an activating group) is 1. The molecule has 1 unspecified atom stereocenters. The maximum absolute atomic E-state index is 3.73. The van der Waals surface area contributed by atoms with Gasteiger partial charge in [-0.2, -0.15) is 0 Å². The summed E-state index contributed by atoms with van der Waals surface area (Å²) in [5.74, 6) is 0.690. The molecule has 1 N–H and O–H groups in total. The first kappa shape index (κ1) is 16.8. The molecule has 3 nitrogen and oxygen atoms in total. The van der Waals surface area contributed by atoms with Gasteiger partial charge < -0.3 is 15.1 Å². The van der Waals surface area contributed by atoms with Crippen LogP contribution in [0.15, 0.2) is 22.7 Å². The molecule has 0 radical (unpaired) electrons. The maximum Gasteiger partial charge on any atom is 0.0378 e. The van der Waals surface area contributed by atoms with E-state index in [4.69, 9.17) is 0 Å². The van der Waals surface area contributed by atoms with Crippen molar-refractivity contribution in [2.75, 3.05) is 38.6 Å². The van der Waals surface area contributed by atoms with E-state index in [1.165, 1.54) is 22.1 Å². The van der Waals surface area contributed by atoms with Crippen molar-refractivity contribution in [2.45, 2.75) is 32.9 Å². The van der Waals surface area contributed by atoms with Crippen LogP contribution in [0.2, 0.25) is 0 Å². The molecule has 2 rings (SSSR count). The van der Waals surface area contributed by atoms with Gasteiger partial charge in [0.15, 0.2) is 0 Å². The molecule has 1 aromatic rings. The average Bonchev–Trinajstić information content (AvgIpc) is 2.90. The van der Waals surface area contributed by atoms with E-state index in [1.807, 2.05) is 0 Å². The Morgan fingerprint density at radius 3 is 2.71 bits per heavy atom. The zero-order chi connectivity index (χ0) is 15.4. The van der Waals surface area contributed by atoms with E-state index in [2.05, 4.69) is 77.2 Å². The molecule has 1 atom stereocenters. The second kappa shape index (κ2) is 7.61. The lowest BCUT2D eigenvalue weighted by Crippen LogP contribution is -2.31. The van der Waals surface area contributed by atoms with Crippen molar-refractivity contribution in [1.29, 1.82) is 0 Å². The van der Waals surface area contributed by atoms with Gasteiger partial charge in [0, 0.05) is 35.8 Å². The van der Waals surface area contributed by atoms with Gasteiger partial charge in [-0.15, -0.1) is 0 Å². The minimum Gasteiger partial charge on any atom is -0.370 e. The van der Waals surface area contributed by atoms with Crippen LogP contribution in [0, 0.1) is 5.92 Å². The molecular formula is C17H28BrN3. The van der Waals surface area contributed by atoms with Crippen LogP contribution in [0.3, 0.4) is 0 Å². The van der Waals surface area contributed by atoms with E-state index in [-0.39, 0.29) is 0 Å². The fourth-order valence-corrected chi connectivity index (χ4v) is 3.28.